The van der Waals surface area contributed by atoms with Gasteiger partial charge in [0.25, 0.3) is 0 Å². The molecule has 0 aromatic carbocycles. The van der Waals surface area contributed by atoms with Crippen molar-refractivity contribution < 1.29 is 32.2 Å². The first kappa shape index (κ1) is 13.1. The Labute approximate surface area is 92.1 Å². The van der Waals surface area contributed by atoms with E-state index in [4.69, 9.17) is 5.11 Å². The number of carboxylic acid groups (broad SMARTS) is 1. The van der Waals surface area contributed by atoms with Gasteiger partial charge in [0, 0.05) is 6.20 Å². The Morgan fingerprint density at radius 3 is 2.71 bits per heavy atom. The van der Waals surface area contributed by atoms with Crippen LogP contribution >= 0.6 is 0 Å². The number of hydrogen-bond acceptors (Lipinski definition) is 4. The van der Waals surface area contributed by atoms with Gasteiger partial charge in [-0.2, -0.15) is 13.8 Å². The van der Waals surface area contributed by atoms with Crippen molar-refractivity contribution in [3.8, 4) is 6.01 Å². The largest absolute Gasteiger partial charge is 0.477 e. The zero-order chi connectivity index (χ0) is 13.1. The molecule has 1 heterocycles. The van der Waals surface area contributed by atoms with Crippen molar-refractivity contribution in [3.63, 3.8) is 0 Å². The van der Waals surface area contributed by atoms with Gasteiger partial charge in [-0.15, -0.1) is 0 Å². The fourth-order valence-electron chi connectivity index (χ4n) is 0.753. The van der Waals surface area contributed by atoms with E-state index >= 15 is 0 Å². The minimum Gasteiger partial charge on any atom is -0.477 e. The van der Waals surface area contributed by atoms with Gasteiger partial charge in [0.1, 0.15) is 0 Å². The minimum absolute atomic E-state index is 0.490. The predicted molar refractivity (Wildman–Crippen MR) is 45.4 cm³/mol. The molecule has 1 N–H and O–H groups in total. The van der Waals surface area contributed by atoms with Crippen molar-refractivity contribution in [1.29, 1.82) is 0 Å². The van der Waals surface area contributed by atoms with Gasteiger partial charge in [0.05, 0.1) is 0 Å². The molecule has 0 atom stereocenters. The number of carbonyl (C=O) groups is 1. The number of halogens is 4. The second-order valence-corrected chi connectivity index (χ2v) is 2.88. The maximum absolute atomic E-state index is 12.4. The van der Waals surface area contributed by atoms with E-state index in [1.807, 2.05) is 0 Å². The highest BCUT2D eigenvalue weighted by atomic mass is 19.3. The Kier molecular flexibility index (Phi) is 3.81. The van der Waals surface area contributed by atoms with Crippen LogP contribution in [0.5, 0.6) is 6.01 Å². The summed E-state index contributed by atoms with van der Waals surface area (Å²) in [6.07, 6.45) is -2.93. The number of hydrogen-bond donors (Lipinski definition) is 1. The Balaban J connectivity index is 2.70. The predicted octanol–water partition coefficient (Wildman–Crippen LogP) is 1.45. The van der Waals surface area contributed by atoms with E-state index in [1.54, 1.807) is 0 Å². The number of ether oxygens (including phenoxy) is 1. The molecule has 0 amide bonds. The van der Waals surface area contributed by atoms with Crippen LogP contribution in [0.1, 0.15) is 10.5 Å². The first-order valence-electron chi connectivity index (χ1n) is 4.18. The summed E-state index contributed by atoms with van der Waals surface area (Å²) in [5.74, 6) is -5.76. The van der Waals surface area contributed by atoms with Crippen molar-refractivity contribution in [1.82, 2.24) is 9.97 Å². The van der Waals surface area contributed by atoms with E-state index in [2.05, 4.69) is 14.7 Å². The third kappa shape index (κ3) is 3.54. The van der Waals surface area contributed by atoms with Crippen molar-refractivity contribution in [2.45, 2.75) is 12.3 Å². The van der Waals surface area contributed by atoms with Crippen molar-refractivity contribution in [2.24, 2.45) is 0 Å². The van der Waals surface area contributed by atoms with E-state index in [-0.39, 0.29) is 0 Å². The standard InChI is InChI=1S/C8H6F4N2O3/c9-6(10)8(11,12)3-17-7-13-2-1-4(14-7)5(15)16/h1-2,6H,3H2,(H,15,16). The van der Waals surface area contributed by atoms with E-state index in [0.717, 1.165) is 12.3 Å². The second-order valence-electron chi connectivity index (χ2n) is 2.88. The lowest BCUT2D eigenvalue weighted by Crippen LogP contribution is -2.34. The summed E-state index contributed by atoms with van der Waals surface area (Å²) in [4.78, 5) is 17.0. The molecule has 9 heteroatoms. The average Bonchev–Trinajstić information content (AvgIpc) is 2.26. The monoisotopic (exact) mass is 254 g/mol. The van der Waals surface area contributed by atoms with Crippen LogP contribution in [0, 0.1) is 0 Å². The van der Waals surface area contributed by atoms with Crippen LogP contribution in [-0.4, -0.2) is 40.0 Å². The van der Waals surface area contributed by atoms with Gasteiger partial charge in [0.2, 0.25) is 0 Å². The summed E-state index contributed by atoms with van der Waals surface area (Å²) in [5.41, 5.74) is -0.490. The highest BCUT2D eigenvalue weighted by Gasteiger charge is 2.42. The van der Waals surface area contributed by atoms with E-state index < -0.39 is 36.6 Å². The van der Waals surface area contributed by atoms with Crippen molar-refractivity contribution >= 4 is 5.97 Å². The first-order valence-corrected chi connectivity index (χ1v) is 4.18. The lowest BCUT2D eigenvalue weighted by molar-refractivity contribution is -0.149. The maximum Gasteiger partial charge on any atom is 0.354 e. The molecule has 0 saturated heterocycles. The van der Waals surface area contributed by atoms with Crippen LogP contribution in [0.2, 0.25) is 0 Å². The molecule has 94 valence electrons. The summed E-state index contributed by atoms with van der Waals surface area (Å²) in [7, 11) is 0. The van der Waals surface area contributed by atoms with Crippen LogP contribution in [0.4, 0.5) is 17.6 Å². The number of nitrogens with zero attached hydrogens (tertiary/aromatic N) is 2. The summed E-state index contributed by atoms with van der Waals surface area (Å²) < 4.78 is 52.6. The number of aromatic nitrogens is 2. The van der Waals surface area contributed by atoms with Crippen molar-refractivity contribution in [2.75, 3.05) is 6.61 Å². The van der Waals surface area contributed by atoms with Gasteiger partial charge >= 0.3 is 24.3 Å². The van der Waals surface area contributed by atoms with Crippen LogP contribution in [-0.2, 0) is 0 Å². The number of carboxylic acids is 1. The van der Waals surface area contributed by atoms with Gasteiger partial charge in [-0.05, 0) is 6.07 Å². The number of aromatic carboxylic acids is 1. The molecule has 0 spiro atoms. The van der Waals surface area contributed by atoms with Gasteiger partial charge in [-0.25, -0.2) is 18.6 Å². The molecule has 0 aliphatic rings. The molecule has 17 heavy (non-hydrogen) atoms. The second kappa shape index (κ2) is 4.93. The SMILES string of the molecule is O=C(O)c1ccnc(OCC(F)(F)C(F)F)n1. The van der Waals surface area contributed by atoms with E-state index in [1.165, 1.54) is 0 Å². The number of rotatable bonds is 5. The first-order chi connectivity index (χ1) is 7.83. The maximum atomic E-state index is 12.4. The average molecular weight is 254 g/mol. The molecule has 0 saturated carbocycles. The van der Waals surface area contributed by atoms with Gasteiger partial charge in [-0.1, -0.05) is 0 Å². The highest BCUT2D eigenvalue weighted by molar-refractivity contribution is 5.85. The molecule has 0 fully saturated rings. The van der Waals surface area contributed by atoms with Crippen LogP contribution in [0.3, 0.4) is 0 Å². The molecular weight excluding hydrogens is 248 g/mol. The smallest absolute Gasteiger partial charge is 0.354 e. The fourth-order valence-corrected chi connectivity index (χ4v) is 0.753. The zero-order valence-electron chi connectivity index (χ0n) is 8.11. The quantitative estimate of drug-likeness (QED) is 0.805. The summed E-state index contributed by atoms with van der Waals surface area (Å²) in [6, 6.07) is 0.297. The zero-order valence-corrected chi connectivity index (χ0v) is 8.11. The molecule has 1 rings (SSSR count). The highest BCUT2D eigenvalue weighted by Crippen LogP contribution is 2.23. The Morgan fingerprint density at radius 1 is 1.53 bits per heavy atom. The topological polar surface area (TPSA) is 72.3 Å². The Morgan fingerprint density at radius 2 is 2.18 bits per heavy atom. The summed E-state index contributed by atoms with van der Waals surface area (Å²) in [5, 5.41) is 8.51. The van der Waals surface area contributed by atoms with Gasteiger partial charge < -0.3 is 9.84 Å². The summed E-state index contributed by atoms with van der Waals surface area (Å²) >= 11 is 0. The van der Waals surface area contributed by atoms with Crippen molar-refractivity contribution in [3.05, 3.63) is 18.0 Å². The molecule has 0 aliphatic carbocycles. The molecule has 0 radical (unpaired) electrons. The van der Waals surface area contributed by atoms with Gasteiger partial charge in [-0.3, -0.25) is 0 Å². The molecule has 0 unspecified atom stereocenters. The molecule has 0 bridgehead atoms. The lowest BCUT2D eigenvalue weighted by atomic mass is 10.4. The van der Waals surface area contributed by atoms with E-state index in [0.29, 0.717) is 0 Å². The Bertz CT molecular complexity index is 414. The van der Waals surface area contributed by atoms with Crippen LogP contribution in [0.15, 0.2) is 12.3 Å². The molecular formula is C8H6F4N2O3. The summed E-state index contributed by atoms with van der Waals surface area (Å²) in [6.45, 7) is -1.63. The van der Waals surface area contributed by atoms with E-state index in [9.17, 15) is 22.4 Å². The normalized spacial score (nSPS) is 11.6. The lowest BCUT2D eigenvalue weighted by Gasteiger charge is -2.14. The Hall–Kier alpha value is -1.93. The molecule has 5 nitrogen and oxygen atoms in total. The third-order valence-electron chi connectivity index (χ3n) is 1.57. The fraction of sp³-hybridized carbons (Fsp3) is 0.375. The minimum atomic E-state index is -4.34. The molecule has 0 aliphatic heterocycles. The van der Waals surface area contributed by atoms with Crippen LogP contribution < -0.4 is 4.74 Å². The van der Waals surface area contributed by atoms with Crippen LogP contribution in [0.25, 0.3) is 0 Å². The number of alkyl halides is 4. The molecule has 1 aromatic rings. The third-order valence-corrected chi connectivity index (χ3v) is 1.57. The molecule has 1 aromatic heterocycles. The van der Waals surface area contributed by atoms with Gasteiger partial charge in [0.15, 0.2) is 12.3 Å².